The van der Waals surface area contributed by atoms with Crippen molar-refractivity contribution < 1.29 is 4.79 Å². The van der Waals surface area contributed by atoms with Crippen LogP contribution >= 0.6 is 0 Å². The lowest BCUT2D eigenvalue weighted by Gasteiger charge is -2.31. The summed E-state index contributed by atoms with van der Waals surface area (Å²) in [6, 6.07) is 6.24. The Hall–Kier alpha value is -1.31. The van der Waals surface area contributed by atoms with Crippen LogP contribution in [0.1, 0.15) is 74.7 Å². The summed E-state index contributed by atoms with van der Waals surface area (Å²) in [6.07, 6.45) is 10.4. The highest BCUT2D eigenvalue weighted by atomic mass is 16.1. The van der Waals surface area contributed by atoms with Crippen molar-refractivity contribution in [2.75, 3.05) is 18.0 Å². The van der Waals surface area contributed by atoms with Crippen LogP contribution in [0, 0.1) is 0 Å². The minimum absolute atomic E-state index is 0.172. The average molecular weight is 287 g/mol. The molecule has 0 spiro atoms. The van der Waals surface area contributed by atoms with Crippen molar-refractivity contribution in [3.63, 3.8) is 0 Å². The summed E-state index contributed by atoms with van der Waals surface area (Å²) in [5.41, 5.74) is 3.58. The fourth-order valence-corrected chi connectivity index (χ4v) is 3.21. The number of benzene rings is 1. The van der Waals surface area contributed by atoms with Gasteiger partial charge in [0.1, 0.15) is 0 Å². The van der Waals surface area contributed by atoms with E-state index in [4.69, 9.17) is 0 Å². The minimum Gasteiger partial charge on any atom is -0.371 e. The molecule has 0 aliphatic carbocycles. The first-order valence-corrected chi connectivity index (χ1v) is 8.61. The van der Waals surface area contributed by atoms with Crippen LogP contribution in [0.4, 0.5) is 5.69 Å². The molecule has 1 aliphatic heterocycles. The number of hydrogen-bond acceptors (Lipinski definition) is 2. The van der Waals surface area contributed by atoms with Crippen molar-refractivity contribution in [3.05, 3.63) is 29.3 Å². The Morgan fingerprint density at radius 3 is 2.67 bits per heavy atom. The molecular formula is C19H29NO. The second-order valence-corrected chi connectivity index (χ2v) is 6.26. The largest absolute Gasteiger partial charge is 0.371 e. The van der Waals surface area contributed by atoms with Gasteiger partial charge in [-0.05, 0) is 49.9 Å². The minimum atomic E-state index is 0.172. The third-order valence-corrected chi connectivity index (χ3v) is 4.48. The number of aryl methyl sites for hydroxylation is 1. The third-order valence-electron chi connectivity index (χ3n) is 4.48. The van der Waals surface area contributed by atoms with E-state index in [9.17, 15) is 4.79 Å². The van der Waals surface area contributed by atoms with E-state index < -0.39 is 0 Å². The highest BCUT2D eigenvalue weighted by molar-refractivity contribution is 5.94. The Bertz CT molecular complexity index is 467. The molecule has 0 N–H and O–H groups in total. The molecule has 2 heteroatoms. The van der Waals surface area contributed by atoms with Crippen LogP contribution in [0.5, 0.6) is 0 Å². The molecular weight excluding hydrogens is 258 g/mol. The highest BCUT2D eigenvalue weighted by Gasteiger charge is 2.17. The summed E-state index contributed by atoms with van der Waals surface area (Å²) in [5, 5.41) is 0. The summed E-state index contributed by atoms with van der Waals surface area (Å²) in [6.45, 7) is 6.25. The molecule has 0 aromatic heterocycles. The van der Waals surface area contributed by atoms with Gasteiger partial charge in [0.05, 0.1) is 0 Å². The number of Topliss-reactive ketones (excluding diaryl/α,β-unsaturated/α-hetero) is 1. The number of ketones is 1. The van der Waals surface area contributed by atoms with E-state index in [2.05, 4.69) is 24.0 Å². The number of carbonyl (C=O) groups excluding carboxylic acids is 1. The number of rotatable bonds is 8. The highest BCUT2D eigenvalue weighted by Crippen LogP contribution is 2.28. The molecule has 2 nitrogen and oxygen atoms in total. The van der Waals surface area contributed by atoms with E-state index in [-0.39, 0.29) is 5.78 Å². The Kier molecular flexibility index (Phi) is 6.28. The van der Waals surface area contributed by atoms with Crippen LogP contribution in [-0.2, 0) is 6.42 Å². The number of nitrogens with zero attached hydrogens (tertiary/aromatic N) is 1. The van der Waals surface area contributed by atoms with Crippen molar-refractivity contribution in [1.29, 1.82) is 0 Å². The first-order chi connectivity index (χ1) is 10.2. The molecule has 2 rings (SSSR count). The fraction of sp³-hybridized carbons (Fsp3) is 0.632. The molecule has 1 aromatic carbocycles. The predicted molar refractivity (Wildman–Crippen MR) is 90.4 cm³/mol. The zero-order valence-electron chi connectivity index (χ0n) is 13.7. The summed E-state index contributed by atoms with van der Waals surface area (Å²) < 4.78 is 0. The summed E-state index contributed by atoms with van der Waals surface area (Å²) in [4.78, 5) is 14.0. The lowest BCUT2D eigenvalue weighted by atomic mass is 9.97. The van der Waals surface area contributed by atoms with Gasteiger partial charge in [-0.15, -0.1) is 0 Å². The summed E-state index contributed by atoms with van der Waals surface area (Å²) >= 11 is 0. The topological polar surface area (TPSA) is 20.3 Å². The quantitative estimate of drug-likeness (QED) is 0.495. The first kappa shape index (κ1) is 16.1. The molecule has 0 atom stereocenters. The van der Waals surface area contributed by atoms with Crippen molar-refractivity contribution in [3.8, 4) is 0 Å². The Labute approximate surface area is 129 Å². The first-order valence-electron chi connectivity index (χ1n) is 8.61. The van der Waals surface area contributed by atoms with Gasteiger partial charge in [-0.1, -0.05) is 39.0 Å². The number of carbonyl (C=O) groups is 1. The number of fused-ring (bicyclic) bond motifs is 1. The smallest absolute Gasteiger partial charge is 0.159 e. The number of anilines is 1. The SMILES string of the molecule is CCCCCCCCN1CCCc2cc(C(C)=O)ccc21. The Morgan fingerprint density at radius 1 is 1.14 bits per heavy atom. The zero-order chi connectivity index (χ0) is 15.1. The molecule has 0 unspecified atom stereocenters. The van der Waals surface area contributed by atoms with Gasteiger partial charge < -0.3 is 4.90 Å². The third kappa shape index (κ3) is 4.59. The van der Waals surface area contributed by atoms with Gasteiger partial charge in [0.15, 0.2) is 5.78 Å². The molecule has 1 aliphatic rings. The van der Waals surface area contributed by atoms with E-state index in [1.807, 2.05) is 6.07 Å². The van der Waals surface area contributed by atoms with Gasteiger partial charge in [0.25, 0.3) is 0 Å². The van der Waals surface area contributed by atoms with Crippen LogP contribution in [0.3, 0.4) is 0 Å². The normalized spacial score (nSPS) is 14.1. The van der Waals surface area contributed by atoms with Gasteiger partial charge in [-0.3, -0.25) is 4.79 Å². The maximum Gasteiger partial charge on any atom is 0.159 e. The van der Waals surface area contributed by atoms with Gasteiger partial charge in [0, 0.05) is 24.3 Å². The van der Waals surface area contributed by atoms with Crippen molar-refractivity contribution in [1.82, 2.24) is 0 Å². The van der Waals surface area contributed by atoms with Crippen LogP contribution in [0.2, 0.25) is 0 Å². The van der Waals surface area contributed by atoms with Crippen LogP contribution in [0.25, 0.3) is 0 Å². The molecule has 1 heterocycles. The lowest BCUT2D eigenvalue weighted by molar-refractivity contribution is 0.101. The van der Waals surface area contributed by atoms with Gasteiger partial charge in [-0.25, -0.2) is 0 Å². The van der Waals surface area contributed by atoms with E-state index in [0.717, 1.165) is 12.0 Å². The molecule has 0 saturated heterocycles. The second-order valence-electron chi connectivity index (χ2n) is 6.26. The maximum atomic E-state index is 11.5. The van der Waals surface area contributed by atoms with Crippen molar-refractivity contribution in [2.45, 2.75) is 65.2 Å². The maximum absolute atomic E-state index is 11.5. The number of unbranched alkanes of at least 4 members (excludes halogenated alkanes) is 5. The molecule has 0 saturated carbocycles. The molecule has 0 radical (unpaired) electrons. The molecule has 0 fully saturated rings. The standard InChI is InChI=1S/C19H29NO/c1-3-4-5-6-7-8-13-20-14-9-10-18-15-17(16(2)21)11-12-19(18)20/h11-12,15H,3-10,13-14H2,1-2H3. The van der Waals surface area contributed by atoms with Gasteiger partial charge in [-0.2, -0.15) is 0 Å². The molecule has 21 heavy (non-hydrogen) atoms. The van der Waals surface area contributed by atoms with Crippen molar-refractivity contribution >= 4 is 11.5 Å². The van der Waals surface area contributed by atoms with Crippen molar-refractivity contribution in [2.24, 2.45) is 0 Å². The molecule has 0 bridgehead atoms. The molecule has 116 valence electrons. The lowest BCUT2D eigenvalue weighted by Crippen LogP contribution is -2.30. The van der Waals surface area contributed by atoms with Crippen LogP contribution < -0.4 is 4.90 Å². The van der Waals surface area contributed by atoms with Crippen LogP contribution in [0.15, 0.2) is 18.2 Å². The summed E-state index contributed by atoms with van der Waals surface area (Å²) in [5.74, 6) is 0.172. The van der Waals surface area contributed by atoms with E-state index in [0.29, 0.717) is 0 Å². The second kappa shape index (κ2) is 8.21. The predicted octanol–water partition coefficient (Wildman–Crippen LogP) is 5.00. The molecule has 0 amide bonds. The number of hydrogen-bond donors (Lipinski definition) is 0. The zero-order valence-corrected chi connectivity index (χ0v) is 13.7. The van der Waals surface area contributed by atoms with E-state index in [1.165, 1.54) is 69.3 Å². The average Bonchev–Trinajstić information content (AvgIpc) is 2.50. The Balaban J connectivity index is 1.88. The van der Waals surface area contributed by atoms with Crippen LogP contribution in [-0.4, -0.2) is 18.9 Å². The fourth-order valence-electron chi connectivity index (χ4n) is 3.21. The van der Waals surface area contributed by atoms with E-state index in [1.54, 1.807) is 6.92 Å². The summed E-state index contributed by atoms with van der Waals surface area (Å²) in [7, 11) is 0. The van der Waals surface area contributed by atoms with Gasteiger partial charge in [0.2, 0.25) is 0 Å². The van der Waals surface area contributed by atoms with E-state index >= 15 is 0 Å². The monoisotopic (exact) mass is 287 g/mol. The Morgan fingerprint density at radius 2 is 1.90 bits per heavy atom. The van der Waals surface area contributed by atoms with Gasteiger partial charge >= 0.3 is 0 Å². The molecule has 1 aromatic rings.